The predicted molar refractivity (Wildman–Crippen MR) is 76.3 cm³/mol. The Labute approximate surface area is 115 Å². The van der Waals surface area contributed by atoms with Crippen LogP contribution in [0.4, 0.5) is 5.95 Å². The molecule has 0 saturated carbocycles. The summed E-state index contributed by atoms with van der Waals surface area (Å²) in [6, 6.07) is 2.57. The van der Waals surface area contributed by atoms with Gasteiger partial charge < -0.3 is 10.2 Å². The highest BCUT2D eigenvalue weighted by atomic mass is 15.3. The summed E-state index contributed by atoms with van der Waals surface area (Å²) in [6.45, 7) is 6.71. The molecule has 1 aromatic heterocycles. The van der Waals surface area contributed by atoms with Crippen molar-refractivity contribution in [1.29, 1.82) is 0 Å². The molecule has 2 saturated heterocycles. The van der Waals surface area contributed by atoms with Crippen LogP contribution in [-0.4, -0.2) is 60.2 Å². The number of nitrogens with zero attached hydrogens (tertiary/aromatic N) is 4. The lowest BCUT2D eigenvalue weighted by atomic mass is 10.0. The first-order chi connectivity index (χ1) is 9.42. The molecule has 0 radical (unpaired) electrons. The number of piperidine rings is 1. The molecule has 0 spiro atoms. The summed E-state index contributed by atoms with van der Waals surface area (Å²) in [5.74, 6) is 0.873. The van der Waals surface area contributed by atoms with Gasteiger partial charge in [0.25, 0.3) is 0 Å². The zero-order valence-corrected chi connectivity index (χ0v) is 11.5. The molecule has 2 fully saturated rings. The first kappa shape index (κ1) is 12.8. The second kappa shape index (κ2) is 6.30. The van der Waals surface area contributed by atoms with Crippen LogP contribution in [0.5, 0.6) is 0 Å². The fraction of sp³-hybridized carbons (Fsp3) is 0.714. The van der Waals surface area contributed by atoms with E-state index in [1.165, 1.54) is 32.4 Å². The molecular weight excluding hydrogens is 238 g/mol. The number of hydrogen-bond acceptors (Lipinski definition) is 5. The van der Waals surface area contributed by atoms with Crippen molar-refractivity contribution in [3.05, 3.63) is 18.5 Å². The maximum atomic E-state index is 4.33. The Kier molecular flexibility index (Phi) is 4.25. The Morgan fingerprint density at radius 3 is 2.58 bits per heavy atom. The zero-order chi connectivity index (χ0) is 12.9. The van der Waals surface area contributed by atoms with Gasteiger partial charge in [0.05, 0.1) is 0 Å². The van der Waals surface area contributed by atoms with Crippen LogP contribution in [0.15, 0.2) is 18.5 Å². The minimum absolute atomic E-state index is 0.702. The van der Waals surface area contributed by atoms with Crippen LogP contribution in [0, 0.1) is 0 Å². The smallest absolute Gasteiger partial charge is 0.225 e. The number of hydrogen-bond donors (Lipinski definition) is 1. The minimum atomic E-state index is 0.702. The molecule has 1 unspecified atom stereocenters. The van der Waals surface area contributed by atoms with E-state index < -0.39 is 0 Å². The predicted octanol–water partition coefficient (Wildman–Crippen LogP) is 0.741. The van der Waals surface area contributed by atoms with Gasteiger partial charge in [-0.3, -0.25) is 4.90 Å². The fourth-order valence-corrected chi connectivity index (χ4v) is 2.98. The fourth-order valence-electron chi connectivity index (χ4n) is 2.98. The molecule has 5 heteroatoms. The van der Waals surface area contributed by atoms with E-state index in [-0.39, 0.29) is 0 Å². The van der Waals surface area contributed by atoms with Crippen LogP contribution < -0.4 is 10.2 Å². The molecule has 1 aromatic rings. The average Bonchev–Trinajstić information content (AvgIpc) is 2.50. The van der Waals surface area contributed by atoms with Gasteiger partial charge in [0.1, 0.15) is 0 Å². The second-order valence-corrected chi connectivity index (χ2v) is 5.48. The molecule has 0 bridgehead atoms. The van der Waals surface area contributed by atoms with Crippen LogP contribution in [-0.2, 0) is 0 Å². The summed E-state index contributed by atoms with van der Waals surface area (Å²) in [7, 11) is 0. The number of anilines is 1. The summed E-state index contributed by atoms with van der Waals surface area (Å²) in [6.07, 6.45) is 7.70. The van der Waals surface area contributed by atoms with E-state index in [0.717, 1.165) is 32.1 Å². The molecule has 0 aliphatic carbocycles. The lowest BCUT2D eigenvalue weighted by Gasteiger charge is -2.37. The lowest BCUT2D eigenvalue weighted by Crippen LogP contribution is -2.51. The second-order valence-electron chi connectivity index (χ2n) is 5.48. The Morgan fingerprint density at radius 2 is 1.89 bits per heavy atom. The third kappa shape index (κ3) is 3.42. The molecular formula is C14H23N5. The van der Waals surface area contributed by atoms with Crippen molar-refractivity contribution in [2.24, 2.45) is 0 Å². The third-order valence-corrected chi connectivity index (χ3v) is 4.10. The summed E-state index contributed by atoms with van der Waals surface area (Å²) >= 11 is 0. The van der Waals surface area contributed by atoms with Gasteiger partial charge in [-0.05, 0) is 25.5 Å². The van der Waals surface area contributed by atoms with Crippen molar-refractivity contribution >= 4 is 5.95 Å². The van der Waals surface area contributed by atoms with Crippen LogP contribution in [0.3, 0.4) is 0 Å². The number of aromatic nitrogens is 2. The largest absolute Gasteiger partial charge is 0.338 e. The van der Waals surface area contributed by atoms with Crippen molar-refractivity contribution in [1.82, 2.24) is 20.2 Å². The third-order valence-electron chi connectivity index (χ3n) is 4.10. The topological polar surface area (TPSA) is 44.3 Å². The molecule has 5 nitrogen and oxygen atoms in total. The van der Waals surface area contributed by atoms with E-state index in [1.54, 1.807) is 0 Å². The van der Waals surface area contributed by atoms with E-state index in [1.807, 2.05) is 18.5 Å². The van der Waals surface area contributed by atoms with E-state index >= 15 is 0 Å². The van der Waals surface area contributed by atoms with E-state index in [0.29, 0.717) is 6.04 Å². The van der Waals surface area contributed by atoms with Gasteiger partial charge in [-0.15, -0.1) is 0 Å². The molecule has 2 aliphatic rings. The molecule has 1 atom stereocenters. The molecule has 2 aliphatic heterocycles. The van der Waals surface area contributed by atoms with E-state index in [2.05, 4.69) is 25.1 Å². The minimum Gasteiger partial charge on any atom is -0.338 e. The van der Waals surface area contributed by atoms with Crippen molar-refractivity contribution in [2.75, 3.05) is 44.2 Å². The molecule has 0 amide bonds. The maximum absolute atomic E-state index is 4.33. The van der Waals surface area contributed by atoms with Gasteiger partial charge in [0, 0.05) is 51.2 Å². The SMILES string of the molecule is c1cnc(N2CCN(CC3CCCCN3)CC2)nc1. The Bertz CT molecular complexity index is 369. The van der Waals surface area contributed by atoms with Gasteiger partial charge in [0.15, 0.2) is 0 Å². The van der Waals surface area contributed by atoms with Gasteiger partial charge >= 0.3 is 0 Å². The number of piperazine rings is 1. The number of nitrogens with one attached hydrogen (secondary N) is 1. The average molecular weight is 261 g/mol. The van der Waals surface area contributed by atoms with Crippen molar-refractivity contribution in [3.63, 3.8) is 0 Å². The van der Waals surface area contributed by atoms with Crippen molar-refractivity contribution in [3.8, 4) is 0 Å². The Balaban J connectivity index is 1.46. The first-order valence-electron chi connectivity index (χ1n) is 7.39. The van der Waals surface area contributed by atoms with Gasteiger partial charge in [-0.1, -0.05) is 6.42 Å². The highest BCUT2D eigenvalue weighted by Crippen LogP contribution is 2.12. The highest BCUT2D eigenvalue weighted by Gasteiger charge is 2.22. The highest BCUT2D eigenvalue weighted by molar-refractivity contribution is 5.29. The Hall–Kier alpha value is -1.20. The van der Waals surface area contributed by atoms with Crippen molar-refractivity contribution < 1.29 is 0 Å². The van der Waals surface area contributed by atoms with Crippen LogP contribution in [0.25, 0.3) is 0 Å². The normalized spacial score (nSPS) is 25.5. The van der Waals surface area contributed by atoms with Gasteiger partial charge in [0.2, 0.25) is 5.95 Å². The summed E-state index contributed by atoms with van der Waals surface area (Å²) in [5, 5.41) is 3.63. The number of rotatable bonds is 3. The quantitative estimate of drug-likeness (QED) is 0.869. The van der Waals surface area contributed by atoms with Crippen LogP contribution in [0.1, 0.15) is 19.3 Å². The molecule has 104 valence electrons. The molecule has 1 N–H and O–H groups in total. The summed E-state index contributed by atoms with van der Waals surface area (Å²) in [4.78, 5) is 13.5. The standard InChI is InChI=1S/C14H23N5/c1-2-5-15-13(4-1)12-18-8-10-19(11-9-18)14-16-6-3-7-17-14/h3,6-7,13,15H,1-2,4-5,8-12H2. The molecule has 3 heterocycles. The van der Waals surface area contributed by atoms with Gasteiger partial charge in [-0.25, -0.2) is 9.97 Å². The lowest BCUT2D eigenvalue weighted by molar-refractivity contribution is 0.213. The molecule has 0 aromatic carbocycles. The first-order valence-corrected chi connectivity index (χ1v) is 7.39. The summed E-state index contributed by atoms with van der Waals surface area (Å²) < 4.78 is 0. The van der Waals surface area contributed by atoms with Crippen molar-refractivity contribution in [2.45, 2.75) is 25.3 Å². The van der Waals surface area contributed by atoms with Gasteiger partial charge in [-0.2, -0.15) is 0 Å². The monoisotopic (exact) mass is 261 g/mol. The van der Waals surface area contributed by atoms with E-state index in [9.17, 15) is 0 Å². The van der Waals surface area contributed by atoms with E-state index in [4.69, 9.17) is 0 Å². The molecule has 19 heavy (non-hydrogen) atoms. The maximum Gasteiger partial charge on any atom is 0.225 e. The molecule has 3 rings (SSSR count). The summed E-state index contributed by atoms with van der Waals surface area (Å²) in [5.41, 5.74) is 0. The van der Waals surface area contributed by atoms with Crippen LogP contribution >= 0.6 is 0 Å². The Morgan fingerprint density at radius 1 is 1.11 bits per heavy atom. The zero-order valence-electron chi connectivity index (χ0n) is 11.5. The van der Waals surface area contributed by atoms with Crippen LogP contribution in [0.2, 0.25) is 0 Å².